The number of hydrogen-bond acceptors (Lipinski definition) is 3. The highest BCUT2D eigenvalue weighted by Gasteiger charge is 2.28. The first kappa shape index (κ1) is 17.5. The Kier molecular flexibility index (Phi) is 6.50. The molecule has 4 nitrogen and oxygen atoms in total. The standard InChI is InChI=1S/C16H22Cl2N2O2/c1-10(2)20-15(21)8-12-9-19-5-6-22-16(12)11-3-4-13(17)14(18)7-11/h3-4,7,10,12,16,19H,5-6,8-9H2,1-2H3,(H,20,21)/t12-,16+/m1/s1. The van der Waals surface area contributed by atoms with Crippen LogP contribution in [-0.4, -0.2) is 31.6 Å². The third-order valence-corrected chi connectivity index (χ3v) is 4.32. The lowest BCUT2D eigenvalue weighted by molar-refractivity contribution is -0.123. The van der Waals surface area contributed by atoms with Gasteiger partial charge >= 0.3 is 0 Å². The van der Waals surface area contributed by atoms with E-state index in [1.165, 1.54) is 0 Å². The fourth-order valence-electron chi connectivity index (χ4n) is 2.64. The van der Waals surface area contributed by atoms with E-state index in [4.69, 9.17) is 27.9 Å². The molecule has 1 fully saturated rings. The quantitative estimate of drug-likeness (QED) is 0.881. The topological polar surface area (TPSA) is 50.4 Å². The molecule has 122 valence electrons. The third kappa shape index (κ3) is 4.85. The number of hydrogen-bond donors (Lipinski definition) is 2. The Morgan fingerprint density at radius 1 is 1.41 bits per heavy atom. The number of amides is 1. The van der Waals surface area contributed by atoms with Gasteiger partial charge in [0.25, 0.3) is 0 Å². The smallest absolute Gasteiger partial charge is 0.220 e. The normalized spacial score (nSPS) is 22.4. The lowest BCUT2D eigenvalue weighted by Crippen LogP contribution is -2.35. The van der Waals surface area contributed by atoms with Gasteiger partial charge in [-0.25, -0.2) is 0 Å². The summed E-state index contributed by atoms with van der Waals surface area (Å²) in [5, 5.41) is 7.28. The average molecular weight is 345 g/mol. The van der Waals surface area contributed by atoms with Crippen LogP contribution in [0, 0.1) is 5.92 Å². The van der Waals surface area contributed by atoms with Gasteiger partial charge in [-0.15, -0.1) is 0 Å². The lowest BCUT2D eigenvalue weighted by atomic mass is 9.92. The molecule has 1 aromatic carbocycles. The van der Waals surface area contributed by atoms with Crippen LogP contribution in [0.3, 0.4) is 0 Å². The van der Waals surface area contributed by atoms with Gasteiger partial charge in [-0.05, 0) is 31.5 Å². The molecular weight excluding hydrogens is 323 g/mol. The second kappa shape index (κ2) is 8.16. The molecule has 1 heterocycles. The minimum absolute atomic E-state index is 0.0392. The van der Waals surface area contributed by atoms with E-state index < -0.39 is 0 Å². The summed E-state index contributed by atoms with van der Waals surface area (Å²) in [4.78, 5) is 12.1. The van der Waals surface area contributed by atoms with Crippen LogP contribution in [0.4, 0.5) is 0 Å². The van der Waals surface area contributed by atoms with Crippen LogP contribution >= 0.6 is 23.2 Å². The van der Waals surface area contributed by atoms with Gasteiger partial charge in [0.05, 0.1) is 22.8 Å². The molecule has 2 rings (SSSR count). The Labute approximate surface area is 141 Å². The van der Waals surface area contributed by atoms with Crippen LogP contribution in [0.5, 0.6) is 0 Å². The largest absolute Gasteiger partial charge is 0.372 e. The zero-order valence-corrected chi connectivity index (χ0v) is 14.4. The van der Waals surface area contributed by atoms with Crippen molar-refractivity contribution in [2.24, 2.45) is 5.92 Å². The van der Waals surface area contributed by atoms with Crippen molar-refractivity contribution in [1.29, 1.82) is 0 Å². The van der Waals surface area contributed by atoms with Gasteiger partial charge in [0, 0.05) is 31.5 Å². The molecule has 0 radical (unpaired) electrons. The molecular formula is C16H22Cl2N2O2. The minimum atomic E-state index is -0.164. The van der Waals surface area contributed by atoms with Gasteiger partial charge in [-0.2, -0.15) is 0 Å². The van der Waals surface area contributed by atoms with Gasteiger partial charge < -0.3 is 15.4 Å². The first-order valence-electron chi connectivity index (χ1n) is 7.54. The van der Waals surface area contributed by atoms with Crippen LogP contribution in [0.15, 0.2) is 18.2 Å². The monoisotopic (exact) mass is 344 g/mol. The number of carbonyl (C=O) groups is 1. The molecule has 0 saturated carbocycles. The number of ether oxygens (including phenoxy) is 1. The molecule has 0 aliphatic carbocycles. The average Bonchev–Trinajstić information content (AvgIpc) is 2.66. The number of benzene rings is 1. The number of carbonyl (C=O) groups excluding carboxylic acids is 1. The Balaban J connectivity index is 2.16. The van der Waals surface area contributed by atoms with Crippen LogP contribution < -0.4 is 10.6 Å². The van der Waals surface area contributed by atoms with Crippen LogP contribution in [0.1, 0.15) is 31.9 Å². The molecule has 6 heteroatoms. The molecule has 1 amide bonds. The molecule has 2 N–H and O–H groups in total. The van der Waals surface area contributed by atoms with Crippen molar-refractivity contribution in [2.45, 2.75) is 32.4 Å². The number of halogens is 2. The Morgan fingerprint density at radius 3 is 2.86 bits per heavy atom. The summed E-state index contributed by atoms with van der Waals surface area (Å²) in [6, 6.07) is 5.65. The SMILES string of the molecule is CC(C)NC(=O)C[C@@H]1CNCCO[C@H]1c1ccc(Cl)c(Cl)c1. The maximum Gasteiger partial charge on any atom is 0.220 e. The molecule has 0 aromatic heterocycles. The molecule has 2 atom stereocenters. The summed E-state index contributed by atoms with van der Waals surface area (Å²) in [5.74, 6) is 0.0934. The summed E-state index contributed by atoms with van der Waals surface area (Å²) < 4.78 is 5.96. The van der Waals surface area contributed by atoms with E-state index in [2.05, 4.69) is 10.6 Å². The van der Waals surface area contributed by atoms with Crippen molar-refractivity contribution < 1.29 is 9.53 Å². The molecule has 0 unspecified atom stereocenters. The van der Waals surface area contributed by atoms with Crippen molar-refractivity contribution in [3.63, 3.8) is 0 Å². The molecule has 0 bridgehead atoms. The van der Waals surface area contributed by atoms with E-state index in [1.807, 2.05) is 26.0 Å². The zero-order valence-electron chi connectivity index (χ0n) is 12.9. The summed E-state index contributed by atoms with van der Waals surface area (Å²) in [5.41, 5.74) is 0.959. The van der Waals surface area contributed by atoms with Crippen molar-refractivity contribution in [2.75, 3.05) is 19.7 Å². The minimum Gasteiger partial charge on any atom is -0.372 e. The molecule has 22 heavy (non-hydrogen) atoms. The first-order valence-corrected chi connectivity index (χ1v) is 8.29. The van der Waals surface area contributed by atoms with Crippen molar-refractivity contribution in [3.8, 4) is 0 Å². The molecule has 1 aromatic rings. The van der Waals surface area contributed by atoms with Crippen LogP contribution in [0.2, 0.25) is 10.0 Å². The van der Waals surface area contributed by atoms with Crippen LogP contribution in [-0.2, 0) is 9.53 Å². The van der Waals surface area contributed by atoms with Crippen molar-refractivity contribution >= 4 is 29.1 Å². The zero-order chi connectivity index (χ0) is 16.1. The Hall–Kier alpha value is -0.810. The van der Waals surface area contributed by atoms with Gasteiger partial charge in [0.2, 0.25) is 5.91 Å². The second-order valence-electron chi connectivity index (χ2n) is 5.86. The highest BCUT2D eigenvalue weighted by molar-refractivity contribution is 6.42. The van der Waals surface area contributed by atoms with Crippen molar-refractivity contribution in [1.82, 2.24) is 10.6 Å². The molecule has 1 aliphatic rings. The van der Waals surface area contributed by atoms with E-state index in [0.29, 0.717) is 23.1 Å². The second-order valence-corrected chi connectivity index (χ2v) is 6.67. The van der Waals surface area contributed by atoms with E-state index >= 15 is 0 Å². The van der Waals surface area contributed by atoms with Gasteiger partial charge in [-0.3, -0.25) is 4.79 Å². The molecule has 1 saturated heterocycles. The van der Waals surface area contributed by atoms with E-state index in [1.54, 1.807) is 6.07 Å². The number of rotatable bonds is 4. The Bertz CT molecular complexity index is 523. The highest BCUT2D eigenvalue weighted by atomic mass is 35.5. The van der Waals surface area contributed by atoms with Gasteiger partial charge in [-0.1, -0.05) is 29.3 Å². The summed E-state index contributed by atoms with van der Waals surface area (Å²) in [7, 11) is 0. The summed E-state index contributed by atoms with van der Waals surface area (Å²) in [6.07, 6.45) is 0.249. The van der Waals surface area contributed by atoms with Crippen molar-refractivity contribution in [3.05, 3.63) is 33.8 Å². The summed E-state index contributed by atoms with van der Waals surface area (Å²) in [6.45, 7) is 6.02. The molecule has 0 spiro atoms. The first-order chi connectivity index (χ1) is 10.5. The van der Waals surface area contributed by atoms with Gasteiger partial charge in [0.1, 0.15) is 0 Å². The predicted molar refractivity (Wildman–Crippen MR) is 89.4 cm³/mol. The Morgan fingerprint density at radius 2 is 2.18 bits per heavy atom. The lowest BCUT2D eigenvalue weighted by Gasteiger charge is -2.25. The maximum atomic E-state index is 12.1. The van der Waals surface area contributed by atoms with E-state index in [-0.39, 0.29) is 24.0 Å². The third-order valence-electron chi connectivity index (χ3n) is 3.58. The van der Waals surface area contributed by atoms with Crippen LogP contribution in [0.25, 0.3) is 0 Å². The maximum absolute atomic E-state index is 12.1. The highest BCUT2D eigenvalue weighted by Crippen LogP contribution is 2.33. The molecule has 1 aliphatic heterocycles. The fraction of sp³-hybridized carbons (Fsp3) is 0.562. The van der Waals surface area contributed by atoms with Gasteiger partial charge in [0.15, 0.2) is 0 Å². The van der Waals surface area contributed by atoms with E-state index in [0.717, 1.165) is 18.7 Å². The fourth-order valence-corrected chi connectivity index (χ4v) is 2.95. The number of nitrogens with one attached hydrogen (secondary N) is 2. The van der Waals surface area contributed by atoms with E-state index in [9.17, 15) is 4.79 Å². The summed E-state index contributed by atoms with van der Waals surface area (Å²) >= 11 is 12.1. The predicted octanol–water partition coefficient (Wildman–Crippen LogP) is 3.19.